The fraction of sp³-hybridized carbons (Fsp3) is 0.172. The number of nitrogens with one attached hydrogen (secondary N) is 2. The molecule has 2 heterocycles. The Bertz CT molecular complexity index is 1530. The van der Waals surface area contributed by atoms with E-state index >= 15 is 0 Å². The molecule has 1 aromatic heterocycles. The number of aromatic nitrogens is 1. The Morgan fingerprint density at radius 2 is 1.49 bits per heavy atom. The molecular formula is C29H25FN4O5. The van der Waals surface area contributed by atoms with Crippen molar-refractivity contribution in [2.75, 3.05) is 26.2 Å². The fourth-order valence-corrected chi connectivity index (χ4v) is 4.49. The normalized spacial score (nSPS) is 13.3. The zero-order valence-corrected chi connectivity index (χ0v) is 20.9. The van der Waals surface area contributed by atoms with Gasteiger partial charge in [0.2, 0.25) is 0 Å². The second-order valence-corrected chi connectivity index (χ2v) is 9.01. The quantitative estimate of drug-likeness (QED) is 0.292. The van der Waals surface area contributed by atoms with Crippen molar-refractivity contribution in [3.63, 3.8) is 0 Å². The van der Waals surface area contributed by atoms with Crippen LogP contribution in [-0.2, 0) is 11.3 Å². The van der Waals surface area contributed by atoms with Gasteiger partial charge in [0, 0.05) is 44.5 Å². The van der Waals surface area contributed by atoms with Crippen molar-refractivity contribution in [2.45, 2.75) is 6.54 Å². The summed E-state index contributed by atoms with van der Waals surface area (Å²) < 4.78 is 20.2. The number of ketones is 1. The molecule has 0 spiro atoms. The van der Waals surface area contributed by atoms with Gasteiger partial charge in [0.1, 0.15) is 5.82 Å². The Balaban J connectivity index is 1.25. The first-order chi connectivity index (χ1) is 18.9. The Kier molecular flexibility index (Phi) is 7.35. The van der Waals surface area contributed by atoms with Gasteiger partial charge in [-0.3, -0.25) is 14.4 Å². The number of amides is 3. The van der Waals surface area contributed by atoms with Crippen molar-refractivity contribution in [1.82, 2.24) is 20.1 Å². The molecule has 1 saturated heterocycles. The second kappa shape index (κ2) is 11.2. The van der Waals surface area contributed by atoms with Crippen molar-refractivity contribution in [2.24, 2.45) is 0 Å². The number of H-pyrrole nitrogens is 1. The molecule has 5 rings (SSSR count). The summed E-state index contributed by atoms with van der Waals surface area (Å²) in [6.45, 7) is 1.11. The third-order valence-corrected chi connectivity index (χ3v) is 6.54. The number of hydrogen-bond acceptors (Lipinski definition) is 5. The van der Waals surface area contributed by atoms with Gasteiger partial charge < -0.3 is 24.8 Å². The van der Waals surface area contributed by atoms with Crippen molar-refractivity contribution in [1.29, 1.82) is 0 Å². The van der Waals surface area contributed by atoms with Crippen LogP contribution in [0.25, 0.3) is 10.9 Å². The lowest BCUT2D eigenvalue weighted by Crippen LogP contribution is -2.52. The van der Waals surface area contributed by atoms with Crippen LogP contribution in [0.3, 0.4) is 0 Å². The molecule has 0 atom stereocenters. The Labute approximate surface area is 223 Å². The number of hydrogen-bond donors (Lipinski definition) is 2. The number of Topliss-reactive ketones (excluding diaryl/α,β-unsaturated/α-hetero) is 1. The van der Waals surface area contributed by atoms with E-state index in [2.05, 4.69) is 10.3 Å². The third-order valence-electron chi connectivity index (χ3n) is 6.54. The molecule has 2 N–H and O–H groups in total. The summed E-state index contributed by atoms with van der Waals surface area (Å²) in [6, 6.07) is 20.4. The third kappa shape index (κ3) is 5.49. The molecule has 0 radical (unpaired) electrons. The number of ether oxygens (including phenoxy) is 1. The molecule has 0 bridgehead atoms. The second-order valence-electron chi connectivity index (χ2n) is 9.01. The number of halogens is 1. The van der Waals surface area contributed by atoms with Gasteiger partial charge in [-0.15, -0.1) is 0 Å². The van der Waals surface area contributed by atoms with E-state index in [4.69, 9.17) is 4.74 Å². The van der Waals surface area contributed by atoms with Gasteiger partial charge in [-0.05, 0) is 29.8 Å². The molecule has 1 fully saturated rings. The molecule has 39 heavy (non-hydrogen) atoms. The lowest BCUT2D eigenvalue weighted by molar-refractivity contribution is -0.127. The standard InChI is InChI=1S/C29H25FN4O5/c30-22-11-12-23(39-29(38)32-17-19-7-3-1-4-8-19)25-24(22)21(18-31-25)26(35)28(37)34-15-13-33(14-16-34)27(36)20-9-5-2-6-10-20/h1-12,18,31H,13-17H2,(H,32,38). The summed E-state index contributed by atoms with van der Waals surface area (Å²) in [5.41, 5.74) is 1.34. The number of carbonyl (C=O) groups excluding carboxylic acids is 4. The number of fused-ring (bicyclic) bond motifs is 1. The van der Waals surface area contributed by atoms with Crippen LogP contribution in [0.4, 0.5) is 9.18 Å². The van der Waals surface area contributed by atoms with Gasteiger partial charge in [-0.25, -0.2) is 9.18 Å². The zero-order valence-electron chi connectivity index (χ0n) is 20.9. The van der Waals surface area contributed by atoms with Gasteiger partial charge in [0.15, 0.2) is 5.75 Å². The summed E-state index contributed by atoms with van der Waals surface area (Å²) in [6.07, 6.45) is 0.478. The highest BCUT2D eigenvalue weighted by atomic mass is 19.1. The topological polar surface area (TPSA) is 112 Å². The van der Waals surface area contributed by atoms with Crippen LogP contribution in [0.5, 0.6) is 5.75 Å². The van der Waals surface area contributed by atoms with Gasteiger partial charge in [0.25, 0.3) is 17.6 Å². The summed E-state index contributed by atoms with van der Waals surface area (Å²) in [5, 5.41) is 2.48. The molecule has 1 aliphatic rings. The van der Waals surface area contributed by atoms with Crippen molar-refractivity contribution in [3.8, 4) is 5.75 Å². The maximum Gasteiger partial charge on any atom is 0.412 e. The first-order valence-corrected chi connectivity index (χ1v) is 12.4. The molecule has 4 aromatic rings. The van der Waals surface area contributed by atoms with E-state index in [0.717, 1.165) is 11.6 Å². The molecule has 0 unspecified atom stereocenters. The fourth-order valence-electron chi connectivity index (χ4n) is 4.49. The predicted molar refractivity (Wildman–Crippen MR) is 141 cm³/mol. The molecule has 1 aliphatic heterocycles. The maximum atomic E-state index is 14.8. The lowest BCUT2D eigenvalue weighted by Gasteiger charge is -2.34. The van der Waals surface area contributed by atoms with Crippen LogP contribution in [0.1, 0.15) is 26.3 Å². The van der Waals surface area contributed by atoms with E-state index in [9.17, 15) is 23.6 Å². The monoisotopic (exact) mass is 528 g/mol. The molecule has 9 nitrogen and oxygen atoms in total. The van der Waals surface area contributed by atoms with Gasteiger partial charge >= 0.3 is 6.09 Å². The average molecular weight is 529 g/mol. The molecule has 198 valence electrons. The van der Waals surface area contributed by atoms with E-state index in [1.807, 2.05) is 36.4 Å². The summed E-state index contributed by atoms with van der Waals surface area (Å²) in [5.74, 6) is -2.56. The molecule has 3 aromatic carbocycles. The molecule has 0 aliphatic carbocycles. The van der Waals surface area contributed by atoms with E-state index in [-0.39, 0.29) is 60.8 Å². The van der Waals surface area contributed by atoms with Crippen LogP contribution in [0, 0.1) is 5.82 Å². The Morgan fingerprint density at radius 3 is 2.18 bits per heavy atom. The maximum absolute atomic E-state index is 14.8. The minimum Gasteiger partial charge on any atom is -0.408 e. The Morgan fingerprint density at radius 1 is 0.846 bits per heavy atom. The number of carbonyl (C=O) groups is 4. The van der Waals surface area contributed by atoms with Crippen LogP contribution >= 0.6 is 0 Å². The minimum atomic E-state index is -0.895. The summed E-state index contributed by atoms with van der Waals surface area (Å²) in [4.78, 5) is 56.9. The lowest BCUT2D eigenvalue weighted by atomic mass is 10.1. The minimum absolute atomic E-state index is 0.0106. The SMILES string of the molecule is O=C(NCc1ccccc1)Oc1ccc(F)c2c(C(=O)C(=O)N3CCN(C(=O)c4ccccc4)CC3)c[nH]c12. The number of aromatic amines is 1. The predicted octanol–water partition coefficient (Wildman–Crippen LogP) is 3.76. The van der Waals surface area contributed by atoms with Crippen molar-refractivity contribution < 1.29 is 28.3 Å². The first-order valence-electron chi connectivity index (χ1n) is 12.4. The van der Waals surface area contributed by atoms with Crippen LogP contribution in [0.15, 0.2) is 79.0 Å². The highest BCUT2D eigenvalue weighted by Gasteiger charge is 2.31. The van der Waals surface area contributed by atoms with Gasteiger partial charge in [0.05, 0.1) is 16.5 Å². The van der Waals surface area contributed by atoms with E-state index in [1.54, 1.807) is 29.2 Å². The molecule has 10 heteroatoms. The highest BCUT2D eigenvalue weighted by molar-refractivity contribution is 6.45. The zero-order chi connectivity index (χ0) is 27.4. The van der Waals surface area contributed by atoms with Crippen molar-refractivity contribution >= 4 is 34.6 Å². The van der Waals surface area contributed by atoms with E-state index in [1.165, 1.54) is 17.2 Å². The average Bonchev–Trinajstić information content (AvgIpc) is 3.44. The summed E-state index contributed by atoms with van der Waals surface area (Å²) in [7, 11) is 0. The Hall–Kier alpha value is -4.99. The van der Waals surface area contributed by atoms with E-state index in [0.29, 0.717) is 5.56 Å². The molecule has 3 amide bonds. The number of nitrogens with zero attached hydrogens (tertiary/aromatic N) is 2. The summed E-state index contributed by atoms with van der Waals surface area (Å²) >= 11 is 0. The number of benzene rings is 3. The molecular weight excluding hydrogens is 503 g/mol. The number of piperazine rings is 1. The largest absolute Gasteiger partial charge is 0.412 e. The molecule has 0 saturated carbocycles. The van der Waals surface area contributed by atoms with E-state index < -0.39 is 23.6 Å². The van der Waals surface area contributed by atoms with Crippen LogP contribution in [0.2, 0.25) is 0 Å². The highest BCUT2D eigenvalue weighted by Crippen LogP contribution is 2.30. The first kappa shape index (κ1) is 25.7. The van der Waals surface area contributed by atoms with Crippen molar-refractivity contribution in [3.05, 3.63) is 102 Å². The smallest absolute Gasteiger partial charge is 0.408 e. The van der Waals surface area contributed by atoms with Crippen LogP contribution in [-0.4, -0.2) is 64.7 Å². The number of rotatable bonds is 6. The van der Waals surface area contributed by atoms with Crippen LogP contribution < -0.4 is 10.1 Å². The van der Waals surface area contributed by atoms with Gasteiger partial charge in [-0.2, -0.15) is 0 Å². The van der Waals surface area contributed by atoms with Gasteiger partial charge in [-0.1, -0.05) is 48.5 Å².